The van der Waals surface area contributed by atoms with Crippen LogP contribution in [0, 0.1) is 0 Å². The zero-order valence-corrected chi connectivity index (χ0v) is 11.7. The minimum Gasteiger partial charge on any atom is -0.478 e. The number of carboxylic acid groups (broad SMARTS) is 1. The number of nitrogens with zero attached hydrogens (tertiary/aromatic N) is 2. The minimum absolute atomic E-state index is 0.211. The Hall–Kier alpha value is -2.36. The molecule has 20 heavy (non-hydrogen) atoms. The number of aromatic nitrogens is 1. The molecule has 0 atom stereocenters. The van der Waals surface area contributed by atoms with Crippen LogP contribution in [-0.4, -0.2) is 28.6 Å². The van der Waals surface area contributed by atoms with Crippen molar-refractivity contribution in [2.75, 3.05) is 11.4 Å². The van der Waals surface area contributed by atoms with Gasteiger partial charge in [-0.2, -0.15) is 0 Å². The van der Waals surface area contributed by atoms with E-state index in [9.17, 15) is 9.90 Å². The number of aromatic carboxylic acids is 1. The van der Waals surface area contributed by atoms with Gasteiger partial charge in [-0.1, -0.05) is 24.3 Å². The molecule has 1 heterocycles. The molecule has 0 fully saturated rings. The molecular weight excluding hydrogens is 252 g/mol. The van der Waals surface area contributed by atoms with Crippen LogP contribution >= 0.6 is 0 Å². The van der Waals surface area contributed by atoms with Gasteiger partial charge in [-0.3, -0.25) is 0 Å². The largest absolute Gasteiger partial charge is 0.478 e. The van der Waals surface area contributed by atoms with Gasteiger partial charge in [0.25, 0.3) is 0 Å². The van der Waals surface area contributed by atoms with Crippen molar-refractivity contribution in [3.63, 3.8) is 0 Å². The van der Waals surface area contributed by atoms with Gasteiger partial charge in [0.2, 0.25) is 0 Å². The van der Waals surface area contributed by atoms with Crippen molar-refractivity contribution in [3.05, 3.63) is 48.6 Å². The van der Waals surface area contributed by atoms with E-state index in [2.05, 4.69) is 11.6 Å². The normalized spacial score (nSPS) is 10.8. The lowest BCUT2D eigenvalue weighted by Crippen LogP contribution is -2.31. The van der Waals surface area contributed by atoms with Crippen LogP contribution < -0.4 is 4.90 Å². The summed E-state index contributed by atoms with van der Waals surface area (Å²) in [6, 6.07) is 9.13. The fourth-order valence-electron chi connectivity index (χ4n) is 2.19. The molecule has 1 N–H and O–H groups in total. The van der Waals surface area contributed by atoms with Crippen LogP contribution in [0.15, 0.2) is 43.0 Å². The summed E-state index contributed by atoms with van der Waals surface area (Å²) in [7, 11) is 0. The molecule has 0 aliphatic carbocycles. The third-order valence-electron chi connectivity index (χ3n) is 3.18. The molecule has 0 amide bonds. The molecule has 0 radical (unpaired) electrons. The molecule has 4 heteroatoms. The molecule has 2 aromatic rings. The fourth-order valence-corrected chi connectivity index (χ4v) is 2.19. The van der Waals surface area contributed by atoms with Crippen LogP contribution in [0.2, 0.25) is 0 Å². The van der Waals surface area contributed by atoms with Crippen molar-refractivity contribution in [1.29, 1.82) is 0 Å². The van der Waals surface area contributed by atoms with E-state index in [1.807, 2.05) is 36.9 Å². The lowest BCUT2D eigenvalue weighted by atomic mass is 10.1. The first-order valence-electron chi connectivity index (χ1n) is 6.55. The highest BCUT2D eigenvalue weighted by Gasteiger charge is 2.16. The van der Waals surface area contributed by atoms with E-state index < -0.39 is 5.97 Å². The van der Waals surface area contributed by atoms with Gasteiger partial charge in [0.05, 0.1) is 11.1 Å². The number of carbonyl (C=O) groups is 1. The fraction of sp³-hybridized carbons (Fsp3) is 0.250. The zero-order chi connectivity index (χ0) is 14.7. The zero-order valence-electron chi connectivity index (χ0n) is 11.7. The number of anilines is 1. The number of carboxylic acids is 1. The topological polar surface area (TPSA) is 53.4 Å². The second kappa shape index (κ2) is 5.74. The highest BCUT2D eigenvalue weighted by atomic mass is 16.4. The monoisotopic (exact) mass is 270 g/mol. The summed E-state index contributed by atoms with van der Waals surface area (Å²) in [5.74, 6) is -0.275. The summed E-state index contributed by atoms with van der Waals surface area (Å²) in [5.41, 5.74) is 0.970. The molecular formula is C16H18N2O2. The van der Waals surface area contributed by atoms with Crippen molar-refractivity contribution in [1.82, 2.24) is 4.98 Å². The smallest absolute Gasteiger partial charge is 0.336 e. The van der Waals surface area contributed by atoms with E-state index in [0.717, 1.165) is 0 Å². The average molecular weight is 270 g/mol. The van der Waals surface area contributed by atoms with Crippen LogP contribution in [0.25, 0.3) is 10.9 Å². The van der Waals surface area contributed by atoms with Crippen molar-refractivity contribution in [2.24, 2.45) is 0 Å². The molecule has 104 valence electrons. The Kier molecular flexibility index (Phi) is 4.03. The van der Waals surface area contributed by atoms with Gasteiger partial charge in [0, 0.05) is 18.0 Å². The first-order chi connectivity index (χ1) is 9.54. The molecule has 0 spiro atoms. The predicted octanol–water partition coefficient (Wildman–Crippen LogP) is 3.33. The average Bonchev–Trinajstić information content (AvgIpc) is 2.43. The second-order valence-corrected chi connectivity index (χ2v) is 4.89. The summed E-state index contributed by atoms with van der Waals surface area (Å²) < 4.78 is 0. The summed E-state index contributed by atoms with van der Waals surface area (Å²) in [4.78, 5) is 18.0. The number of hydrogen-bond donors (Lipinski definition) is 1. The molecule has 0 saturated carbocycles. The summed E-state index contributed by atoms with van der Waals surface area (Å²) >= 11 is 0. The maximum absolute atomic E-state index is 11.5. The van der Waals surface area contributed by atoms with E-state index in [0.29, 0.717) is 23.3 Å². The Balaban J connectivity index is 2.65. The lowest BCUT2D eigenvalue weighted by molar-refractivity contribution is 0.0699. The van der Waals surface area contributed by atoms with Crippen LogP contribution in [0.5, 0.6) is 0 Å². The summed E-state index contributed by atoms with van der Waals surface area (Å²) in [6.45, 7) is 8.45. The van der Waals surface area contributed by atoms with Gasteiger partial charge in [0.15, 0.2) is 0 Å². The Morgan fingerprint density at radius 1 is 1.45 bits per heavy atom. The van der Waals surface area contributed by atoms with E-state index >= 15 is 0 Å². The van der Waals surface area contributed by atoms with Crippen molar-refractivity contribution in [3.8, 4) is 0 Å². The number of hydrogen-bond acceptors (Lipinski definition) is 3. The quantitative estimate of drug-likeness (QED) is 0.847. The van der Waals surface area contributed by atoms with Crippen LogP contribution in [-0.2, 0) is 0 Å². The van der Waals surface area contributed by atoms with E-state index in [1.165, 1.54) is 0 Å². The maximum atomic E-state index is 11.5. The van der Waals surface area contributed by atoms with Gasteiger partial charge < -0.3 is 10.0 Å². The molecule has 1 aromatic heterocycles. The van der Waals surface area contributed by atoms with Crippen molar-refractivity contribution >= 4 is 22.7 Å². The number of pyridine rings is 1. The Labute approximate surface area is 118 Å². The number of benzene rings is 1. The van der Waals surface area contributed by atoms with E-state index in [1.54, 1.807) is 18.2 Å². The molecule has 0 aliphatic rings. The third kappa shape index (κ3) is 2.64. The Morgan fingerprint density at radius 3 is 2.75 bits per heavy atom. The van der Waals surface area contributed by atoms with Gasteiger partial charge in [-0.05, 0) is 26.0 Å². The van der Waals surface area contributed by atoms with Crippen LogP contribution in [0.4, 0.5) is 5.82 Å². The molecule has 0 aliphatic heterocycles. The molecule has 0 unspecified atom stereocenters. The molecule has 4 nitrogen and oxygen atoms in total. The molecule has 2 rings (SSSR count). The van der Waals surface area contributed by atoms with E-state index in [-0.39, 0.29) is 11.6 Å². The number of fused-ring (bicyclic) bond motifs is 1. The molecule has 0 bridgehead atoms. The van der Waals surface area contributed by atoms with Gasteiger partial charge in [-0.15, -0.1) is 6.58 Å². The van der Waals surface area contributed by atoms with Gasteiger partial charge in [0.1, 0.15) is 5.82 Å². The Bertz CT molecular complexity index is 650. The summed E-state index contributed by atoms with van der Waals surface area (Å²) in [6.07, 6.45) is 1.79. The second-order valence-electron chi connectivity index (χ2n) is 4.89. The van der Waals surface area contributed by atoms with Crippen molar-refractivity contribution in [2.45, 2.75) is 19.9 Å². The number of para-hydroxylation sites is 1. The minimum atomic E-state index is -0.938. The van der Waals surface area contributed by atoms with Crippen LogP contribution in [0.1, 0.15) is 24.2 Å². The first-order valence-corrected chi connectivity index (χ1v) is 6.55. The maximum Gasteiger partial charge on any atom is 0.336 e. The third-order valence-corrected chi connectivity index (χ3v) is 3.18. The van der Waals surface area contributed by atoms with Crippen molar-refractivity contribution < 1.29 is 9.90 Å². The molecule has 1 aromatic carbocycles. The first kappa shape index (κ1) is 14.1. The predicted molar refractivity (Wildman–Crippen MR) is 81.4 cm³/mol. The molecule has 0 saturated heterocycles. The van der Waals surface area contributed by atoms with E-state index in [4.69, 9.17) is 0 Å². The SMILES string of the molecule is C=CCN(c1cc(C(=O)O)c2ccccc2n1)C(C)C. The van der Waals surface area contributed by atoms with Gasteiger partial charge in [-0.25, -0.2) is 9.78 Å². The summed E-state index contributed by atoms with van der Waals surface area (Å²) in [5, 5.41) is 10.0. The van der Waals surface area contributed by atoms with Gasteiger partial charge >= 0.3 is 5.97 Å². The Morgan fingerprint density at radius 2 is 2.15 bits per heavy atom. The number of rotatable bonds is 5. The standard InChI is InChI=1S/C16H18N2O2/c1-4-9-18(11(2)3)15-10-13(16(19)20)12-7-5-6-8-14(12)17-15/h4-8,10-11H,1,9H2,2-3H3,(H,19,20). The highest BCUT2D eigenvalue weighted by Crippen LogP contribution is 2.24. The van der Waals surface area contributed by atoms with Crippen LogP contribution in [0.3, 0.4) is 0 Å². The lowest BCUT2D eigenvalue weighted by Gasteiger charge is -2.27. The highest BCUT2D eigenvalue weighted by molar-refractivity contribution is 6.03.